The van der Waals surface area contributed by atoms with Crippen LogP contribution in [0.4, 0.5) is 11.4 Å². The molecule has 0 aliphatic carbocycles. The lowest BCUT2D eigenvalue weighted by atomic mass is 10.3. The molecule has 39 heavy (non-hydrogen) atoms. The summed E-state index contributed by atoms with van der Waals surface area (Å²) in [6.07, 6.45) is 6.86. The van der Waals surface area contributed by atoms with Crippen molar-refractivity contribution >= 4 is 54.2 Å². The first-order chi connectivity index (χ1) is 17.3. The van der Waals surface area contributed by atoms with E-state index in [1.165, 1.54) is 0 Å². The highest BCUT2D eigenvalue weighted by molar-refractivity contribution is 14.1. The number of anilines is 2. The molecule has 13 heteroatoms. The van der Waals surface area contributed by atoms with Crippen LogP contribution in [0.5, 0.6) is 11.5 Å². The van der Waals surface area contributed by atoms with Crippen molar-refractivity contribution in [1.29, 1.82) is 0 Å². The molecule has 0 aliphatic rings. The number of rotatable bonds is 5. The molecule has 0 amide bonds. The maximum absolute atomic E-state index is 12.1. The summed E-state index contributed by atoms with van der Waals surface area (Å²) in [4.78, 5) is 0. The van der Waals surface area contributed by atoms with E-state index in [0.717, 1.165) is 26.4 Å². The second-order valence-corrected chi connectivity index (χ2v) is 14.2. The predicted octanol–water partition coefficient (Wildman–Crippen LogP) is 6.12. The Balaban J connectivity index is 0.000000630. The number of aromatic nitrogens is 4. The van der Waals surface area contributed by atoms with E-state index >= 15 is 0 Å². The SMILES string of the molecule is C.C.COc1cnn(-c2ccc(N)c(I)c2)c1.COc1cnn(-c2ccc(N)c(P(C)(C)=O)c2)c1.C[P+](C)=O. The van der Waals surface area contributed by atoms with Crippen molar-refractivity contribution in [2.45, 2.75) is 14.9 Å². The van der Waals surface area contributed by atoms with E-state index in [4.69, 9.17) is 20.9 Å². The Labute approximate surface area is 246 Å². The Hall–Kier alpha value is -2.88. The van der Waals surface area contributed by atoms with Crippen molar-refractivity contribution in [2.75, 3.05) is 52.3 Å². The van der Waals surface area contributed by atoms with Gasteiger partial charge in [-0.15, -0.1) is 0 Å². The molecule has 2 aromatic heterocycles. The molecule has 0 saturated heterocycles. The fraction of sp³-hybridized carbons (Fsp3) is 0.308. The third kappa shape index (κ3) is 11.0. The van der Waals surface area contributed by atoms with Gasteiger partial charge in [-0.2, -0.15) is 10.2 Å². The van der Waals surface area contributed by atoms with Crippen molar-refractivity contribution in [3.8, 4) is 22.9 Å². The Morgan fingerprint density at radius 1 is 0.846 bits per heavy atom. The lowest BCUT2D eigenvalue weighted by Crippen LogP contribution is -2.11. The second-order valence-electron chi connectivity index (χ2n) is 8.26. The van der Waals surface area contributed by atoms with Crippen LogP contribution in [-0.2, 0) is 9.13 Å². The second kappa shape index (κ2) is 16.3. The molecular formula is C26H40IN6O4P2+. The molecule has 214 valence electrons. The van der Waals surface area contributed by atoms with Crippen LogP contribution in [0.3, 0.4) is 0 Å². The van der Waals surface area contributed by atoms with E-state index in [1.807, 2.05) is 36.5 Å². The molecule has 0 radical (unpaired) electrons. The van der Waals surface area contributed by atoms with Crippen molar-refractivity contribution < 1.29 is 18.6 Å². The van der Waals surface area contributed by atoms with Crippen LogP contribution in [0.1, 0.15) is 14.9 Å². The smallest absolute Gasteiger partial charge is 0.332 e. The Morgan fingerprint density at radius 2 is 1.26 bits per heavy atom. The van der Waals surface area contributed by atoms with Gasteiger partial charge in [0.2, 0.25) is 0 Å². The average molecular weight is 689 g/mol. The number of ether oxygens (including phenoxy) is 2. The summed E-state index contributed by atoms with van der Waals surface area (Å²) < 4.78 is 36.3. The first kappa shape index (κ1) is 36.1. The molecule has 0 atom stereocenters. The van der Waals surface area contributed by atoms with Crippen LogP contribution < -0.4 is 26.2 Å². The molecule has 0 aliphatic heterocycles. The summed E-state index contributed by atoms with van der Waals surface area (Å²) in [5.41, 5.74) is 14.7. The molecule has 2 heterocycles. The number of benzene rings is 2. The molecule has 0 saturated carbocycles. The van der Waals surface area contributed by atoms with Gasteiger partial charge in [-0.05, 0) is 72.3 Å². The Kier molecular flexibility index (Phi) is 15.1. The fourth-order valence-electron chi connectivity index (χ4n) is 2.91. The van der Waals surface area contributed by atoms with Gasteiger partial charge in [0, 0.05) is 20.2 Å². The minimum Gasteiger partial charge on any atom is -0.493 e. The summed E-state index contributed by atoms with van der Waals surface area (Å²) in [5, 5.41) is 9.02. The van der Waals surface area contributed by atoms with Crippen LogP contribution >= 0.6 is 37.5 Å². The monoisotopic (exact) mass is 689 g/mol. The van der Waals surface area contributed by atoms with Crippen molar-refractivity contribution in [3.63, 3.8) is 0 Å². The molecule has 0 spiro atoms. The van der Waals surface area contributed by atoms with Gasteiger partial charge in [0.15, 0.2) is 11.5 Å². The van der Waals surface area contributed by atoms with E-state index in [-0.39, 0.29) is 14.9 Å². The van der Waals surface area contributed by atoms with E-state index in [9.17, 15) is 9.13 Å². The number of methoxy groups -OCH3 is 2. The van der Waals surface area contributed by atoms with Gasteiger partial charge >= 0.3 is 7.80 Å². The van der Waals surface area contributed by atoms with Crippen molar-refractivity contribution in [1.82, 2.24) is 19.6 Å². The highest BCUT2D eigenvalue weighted by Gasteiger charge is 2.16. The van der Waals surface area contributed by atoms with Crippen LogP contribution in [-0.4, -0.2) is 60.4 Å². The van der Waals surface area contributed by atoms with Crippen molar-refractivity contribution in [3.05, 3.63) is 64.8 Å². The van der Waals surface area contributed by atoms with Gasteiger partial charge in [0.05, 0.1) is 50.4 Å². The van der Waals surface area contributed by atoms with Crippen LogP contribution in [0, 0.1) is 3.57 Å². The predicted molar refractivity (Wildman–Crippen MR) is 174 cm³/mol. The average Bonchev–Trinajstić information content (AvgIpc) is 3.50. The van der Waals surface area contributed by atoms with Crippen molar-refractivity contribution in [2.24, 2.45) is 0 Å². The minimum absolute atomic E-state index is 0. The van der Waals surface area contributed by atoms with Gasteiger partial charge < -0.3 is 25.5 Å². The zero-order valence-corrected chi connectivity index (χ0v) is 25.6. The topological polar surface area (TPSA) is 140 Å². The standard InChI is InChI=1S/C12H16N3O2P.C10H10IN3O.C2H6OP.2CH4/c1-17-10-7-14-15(8-10)9-4-5-11(13)12(6-9)18(2,3)16;1-15-8-5-13-14(6-8)7-2-3-10(12)9(11)4-7;1-4(2)3;;/h4-8H,13H2,1-3H3;2-6H,12H2,1H3;1-2H3;2*1H4/q;;+1;;. The molecule has 10 nitrogen and oxygen atoms in total. The Bertz CT molecular complexity index is 1400. The molecule has 0 unspecified atom stereocenters. The maximum Gasteiger partial charge on any atom is 0.332 e. The summed E-state index contributed by atoms with van der Waals surface area (Å²) in [6, 6.07) is 11.2. The van der Waals surface area contributed by atoms with Crippen LogP contribution in [0.25, 0.3) is 11.4 Å². The number of nitrogen functional groups attached to an aromatic ring is 2. The largest absolute Gasteiger partial charge is 0.493 e. The van der Waals surface area contributed by atoms with Crippen LogP contribution in [0.15, 0.2) is 61.2 Å². The molecule has 0 fully saturated rings. The lowest BCUT2D eigenvalue weighted by molar-refractivity contribution is 0.414. The first-order valence-corrected chi connectivity index (χ1v) is 16.7. The molecule has 2 aromatic carbocycles. The lowest BCUT2D eigenvalue weighted by Gasteiger charge is -2.12. The number of halogens is 1. The number of nitrogens with two attached hydrogens (primary N) is 2. The first-order valence-electron chi connectivity index (χ1n) is 10.9. The number of hydrogen-bond acceptors (Lipinski definition) is 8. The van der Waals surface area contributed by atoms with Gasteiger partial charge in [0.1, 0.15) is 20.5 Å². The van der Waals surface area contributed by atoms with Gasteiger partial charge in [-0.25, -0.2) is 9.36 Å². The van der Waals surface area contributed by atoms with Gasteiger partial charge in [-0.3, -0.25) is 0 Å². The van der Waals surface area contributed by atoms with E-state index in [0.29, 0.717) is 16.7 Å². The summed E-state index contributed by atoms with van der Waals surface area (Å²) in [6.45, 7) is 6.75. The highest BCUT2D eigenvalue weighted by atomic mass is 127. The number of hydrogen-bond donors (Lipinski definition) is 2. The maximum atomic E-state index is 12.1. The molecule has 4 aromatic rings. The summed E-state index contributed by atoms with van der Waals surface area (Å²) >= 11 is 2.20. The van der Waals surface area contributed by atoms with E-state index < -0.39 is 14.9 Å². The summed E-state index contributed by atoms with van der Waals surface area (Å²) in [5.74, 6) is 1.41. The molecule has 4 rings (SSSR count). The van der Waals surface area contributed by atoms with E-state index in [2.05, 4.69) is 32.8 Å². The zero-order valence-electron chi connectivity index (χ0n) is 21.6. The third-order valence-electron chi connectivity index (χ3n) is 4.70. The fourth-order valence-corrected chi connectivity index (χ4v) is 4.54. The van der Waals surface area contributed by atoms with Gasteiger partial charge in [0.25, 0.3) is 0 Å². The van der Waals surface area contributed by atoms with E-state index in [1.54, 1.807) is 74.9 Å². The number of nitrogens with zero attached hydrogens (tertiary/aromatic N) is 4. The quantitative estimate of drug-likeness (QED) is 0.145. The summed E-state index contributed by atoms with van der Waals surface area (Å²) in [7, 11) is -0.0664. The zero-order chi connectivity index (χ0) is 27.8. The Morgan fingerprint density at radius 3 is 1.62 bits per heavy atom. The van der Waals surface area contributed by atoms with Crippen LogP contribution in [0.2, 0.25) is 0 Å². The minimum atomic E-state index is -2.40. The molecular weight excluding hydrogens is 649 g/mol. The third-order valence-corrected chi connectivity index (χ3v) is 7.18. The normalized spacial score (nSPS) is 9.92. The van der Waals surface area contributed by atoms with Gasteiger partial charge in [-0.1, -0.05) is 19.4 Å². The molecule has 4 N–H and O–H groups in total. The molecule has 0 bridgehead atoms. The highest BCUT2D eigenvalue weighted by Crippen LogP contribution is 2.37.